The Labute approximate surface area is 123 Å². The van der Waals surface area contributed by atoms with Crippen molar-refractivity contribution in [1.29, 1.82) is 0 Å². The highest BCUT2D eigenvalue weighted by Crippen LogP contribution is 2.21. The van der Waals surface area contributed by atoms with Gasteiger partial charge < -0.3 is 10.2 Å². The molecule has 4 heteroatoms. The minimum Gasteiger partial charge on any atom is -0.370 e. The number of pyridine rings is 1. The summed E-state index contributed by atoms with van der Waals surface area (Å²) in [6.45, 7) is 6.59. The SMILES string of the molecule is CCCNc1cc(CN2CCCC2CN(C)C)ccn1. The van der Waals surface area contributed by atoms with Crippen LogP contribution in [0.1, 0.15) is 31.7 Å². The minimum absolute atomic E-state index is 0.699. The van der Waals surface area contributed by atoms with E-state index in [1.165, 1.54) is 24.9 Å². The summed E-state index contributed by atoms with van der Waals surface area (Å²) in [5, 5.41) is 3.37. The molecule has 1 atom stereocenters. The van der Waals surface area contributed by atoms with Crippen LogP contribution in [0.5, 0.6) is 0 Å². The van der Waals surface area contributed by atoms with Crippen LogP contribution in [0.15, 0.2) is 18.3 Å². The molecule has 2 heterocycles. The third-order valence-electron chi connectivity index (χ3n) is 3.84. The summed E-state index contributed by atoms with van der Waals surface area (Å²) in [5.74, 6) is 1.01. The molecule has 1 N–H and O–H groups in total. The molecular weight excluding hydrogens is 248 g/mol. The Kier molecular flexibility index (Phi) is 5.80. The van der Waals surface area contributed by atoms with Gasteiger partial charge in [-0.05, 0) is 57.6 Å². The van der Waals surface area contributed by atoms with E-state index in [1.54, 1.807) is 0 Å². The summed E-state index contributed by atoms with van der Waals surface area (Å²) in [4.78, 5) is 9.29. The monoisotopic (exact) mass is 276 g/mol. The zero-order valence-electron chi connectivity index (χ0n) is 13.1. The number of anilines is 1. The molecule has 1 aromatic heterocycles. The van der Waals surface area contributed by atoms with Gasteiger partial charge in [0.25, 0.3) is 0 Å². The summed E-state index contributed by atoms with van der Waals surface area (Å²) in [5.41, 5.74) is 1.37. The van der Waals surface area contributed by atoms with Crippen molar-refractivity contribution in [2.24, 2.45) is 0 Å². The van der Waals surface area contributed by atoms with Gasteiger partial charge in [-0.1, -0.05) is 6.92 Å². The normalized spacial score (nSPS) is 19.7. The van der Waals surface area contributed by atoms with Crippen molar-refractivity contribution in [3.63, 3.8) is 0 Å². The molecule has 4 nitrogen and oxygen atoms in total. The molecule has 20 heavy (non-hydrogen) atoms. The maximum absolute atomic E-state index is 4.38. The van der Waals surface area contributed by atoms with Gasteiger partial charge in [-0.3, -0.25) is 4.90 Å². The number of hydrogen-bond acceptors (Lipinski definition) is 4. The van der Waals surface area contributed by atoms with E-state index in [-0.39, 0.29) is 0 Å². The Morgan fingerprint density at radius 3 is 3.05 bits per heavy atom. The molecule has 1 unspecified atom stereocenters. The van der Waals surface area contributed by atoms with Crippen molar-refractivity contribution < 1.29 is 0 Å². The van der Waals surface area contributed by atoms with E-state index in [0.717, 1.165) is 31.9 Å². The van der Waals surface area contributed by atoms with Crippen molar-refractivity contribution in [1.82, 2.24) is 14.8 Å². The highest BCUT2D eigenvalue weighted by atomic mass is 15.2. The van der Waals surface area contributed by atoms with E-state index in [2.05, 4.69) is 53.3 Å². The van der Waals surface area contributed by atoms with Gasteiger partial charge in [0.15, 0.2) is 0 Å². The molecule has 1 aliphatic rings. The number of nitrogens with one attached hydrogen (secondary N) is 1. The Hall–Kier alpha value is -1.13. The Balaban J connectivity index is 1.94. The molecule has 0 amide bonds. The lowest BCUT2D eigenvalue weighted by Crippen LogP contribution is -2.37. The van der Waals surface area contributed by atoms with Crippen LogP contribution in [-0.2, 0) is 6.54 Å². The zero-order chi connectivity index (χ0) is 14.4. The van der Waals surface area contributed by atoms with Gasteiger partial charge >= 0.3 is 0 Å². The second-order valence-electron chi connectivity index (χ2n) is 6.00. The largest absolute Gasteiger partial charge is 0.370 e. The molecule has 1 saturated heterocycles. The minimum atomic E-state index is 0.699. The van der Waals surface area contributed by atoms with Gasteiger partial charge in [-0.15, -0.1) is 0 Å². The first-order valence-corrected chi connectivity index (χ1v) is 7.76. The van der Waals surface area contributed by atoms with Crippen LogP contribution in [0.4, 0.5) is 5.82 Å². The second kappa shape index (κ2) is 7.60. The lowest BCUT2D eigenvalue weighted by molar-refractivity contribution is 0.201. The first kappa shape index (κ1) is 15.3. The number of likely N-dealkylation sites (tertiary alicyclic amines) is 1. The molecule has 0 aromatic carbocycles. The number of rotatable bonds is 7. The standard InChI is InChI=1S/C16H28N4/c1-4-8-17-16-11-14(7-9-18-16)12-20-10-5-6-15(20)13-19(2)3/h7,9,11,15H,4-6,8,10,12-13H2,1-3H3,(H,17,18). The fraction of sp³-hybridized carbons (Fsp3) is 0.688. The molecule has 1 aliphatic heterocycles. The smallest absolute Gasteiger partial charge is 0.126 e. The summed E-state index contributed by atoms with van der Waals surface area (Å²) in [7, 11) is 4.32. The first-order valence-electron chi connectivity index (χ1n) is 7.76. The fourth-order valence-electron chi connectivity index (χ4n) is 2.89. The maximum atomic E-state index is 4.38. The third-order valence-corrected chi connectivity index (χ3v) is 3.84. The van der Waals surface area contributed by atoms with Gasteiger partial charge in [0.05, 0.1) is 0 Å². The van der Waals surface area contributed by atoms with Gasteiger partial charge in [0.2, 0.25) is 0 Å². The molecule has 0 spiro atoms. The molecule has 0 bridgehead atoms. The van der Waals surface area contributed by atoms with E-state index in [9.17, 15) is 0 Å². The van der Waals surface area contributed by atoms with Crippen LogP contribution in [0.25, 0.3) is 0 Å². The molecular formula is C16H28N4. The van der Waals surface area contributed by atoms with Gasteiger partial charge in [0, 0.05) is 31.9 Å². The number of nitrogens with zero attached hydrogens (tertiary/aromatic N) is 3. The van der Waals surface area contributed by atoms with Crippen LogP contribution in [-0.4, -0.2) is 54.6 Å². The van der Waals surface area contributed by atoms with Crippen LogP contribution >= 0.6 is 0 Å². The third kappa shape index (κ3) is 4.46. The number of likely N-dealkylation sites (N-methyl/N-ethyl adjacent to an activating group) is 1. The zero-order valence-corrected chi connectivity index (χ0v) is 13.1. The van der Waals surface area contributed by atoms with E-state index in [0.29, 0.717) is 6.04 Å². The topological polar surface area (TPSA) is 31.4 Å². The average molecular weight is 276 g/mol. The van der Waals surface area contributed by atoms with Crippen molar-refractivity contribution >= 4 is 5.82 Å². The molecule has 0 aliphatic carbocycles. The van der Waals surface area contributed by atoms with E-state index >= 15 is 0 Å². The molecule has 1 aromatic rings. The Morgan fingerprint density at radius 1 is 1.45 bits per heavy atom. The first-order chi connectivity index (χ1) is 9.69. The van der Waals surface area contributed by atoms with Crippen molar-refractivity contribution in [3.05, 3.63) is 23.9 Å². The predicted octanol–water partition coefficient (Wildman–Crippen LogP) is 2.43. The van der Waals surface area contributed by atoms with Crippen LogP contribution < -0.4 is 5.32 Å². The van der Waals surface area contributed by atoms with Crippen molar-refractivity contribution in [2.45, 2.75) is 38.8 Å². The highest BCUT2D eigenvalue weighted by molar-refractivity contribution is 5.37. The molecule has 1 fully saturated rings. The van der Waals surface area contributed by atoms with Crippen LogP contribution in [0.3, 0.4) is 0 Å². The van der Waals surface area contributed by atoms with E-state index in [1.807, 2.05) is 6.20 Å². The highest BCUT2D eigenvalue weighted by Gasteiger charge is 2.24. The number of hydrogen-bond donors (Lipinski definition) is 1. The lowest BCUT2D eigenvalue weighted by Gasteiger charge is -2.27. The summed E-state index contributed by atoms with van der Waals surface area (Å²) in [6.07, 6.45) is 5.70. The van der Waals surface area contributed by atoms with Gasteiger partial charge in [0.1, 0.15) is 5.82 Å². The van der Waals surface area contributed by atoms with Crippen molar-refractivity contribution in [3.8, 4) is 0 Å². The van der Waals surface area contributed by atoms with Gasteiger partial charge in [-0.2, -0.15) is 0 Å². The second-order valence-corrected chi connectivity index (χ2v) is 6.00. The number of aromatic nitrogens is 1. The molecule has 2 rings (SSSR count). The van der Waals surface area contributed by atoms with Gasteiger partial charge in [-0.25, -0.2) is 4.98 Å². The van der Waals surface area contributed by atoms with E-state index in [4.69, 9.17) is 0 Å². The van der Waals surface area contributed by atoms with Crippen molar-refractivity contribution in [2.75, 3.05) is 39.0 Å². The fourth-order valence-corrected chi connectivity index (χ4v) is 2.89. The average Bonchev–Trinajstić information content (AvgIpc) is 2.83. The van der Waals surface area contributed by atoms with Crippen LogP contribution in [0, 0.1) is 0 Å². The summed E-state index contributed by atoms with van der Waals surface area (Å²) < 4.78 is 0. The maximum Gasteiger partial charge on any atom is 0.126 e. The molecule has 112 valence electrons. The lowest BCUT2D eigenvalue weighted by atomic mass is 10.2. The summed E-state index contributed by atoms with van der Waals surface area (Å²) in [6, 6.07) is 5.04. The van der Waals surface area contributed by atoms with E-state index < -0.39 is 0 Å². The molecule has 0 radical (unpaired) electrons. The Bertz CT molecular complexity index is 405. The van der Waals surface area contributed by atoms with Crippen LogP contribution in [0.2, 0.25) is 0 Å². The quantitative estimate of drug-likeness (QED) is 0.829. The predicted molar refractivity (Wildman–Crippen MR) is 85.0 cm³/mol. The Morgan fingerprint density at radius 2 is 2.30 bits per heavy atom. The molecule has 0 saturated carbocycles. The summed E-state index contributed by atoms with van der Waals surface area (Å²) >= 11 is 0.